The molecule has 0 saturated heterocycles. The highest BCUT2D eigenvalue weighted by Gasteiger charge is 2.10. The number of aromatic nitrogens is 1. The third-order valence-electron chi connectivity index (χ3n) is 3.11. The standard InChI is InChI=1S/C15H18ClNO2/c1-2-19-15(18)11-6-7-14-13(9-11)12(10-17-14)5-3-4-8-16/h6-7,9-10,17H,2-5,8H2,1H3. The van der Waals surface area contributed by atoms with Crippen LogP contribution in [0, 0.1) is 0 Å². The molecule has 3 nitrogen and oxygen atoms in total. The zero-order valence-electron chi connectivity index (χ0n) is 11.0. The number of hydrogen-bond acceptors (Lipinski definition) is 2. The fourth-order valence-corrected chi connectivity index (χ4v) is 2.33. The van der Waals surface area contributed by atoms with Crippen molar-refractivity contribution in [2.24, 2.45) is 0 Å². The van der Waals surface area contributed by atoms with Gasteiger partial charge < -0.3 is 9.72 Å². The molecule has 1 aromatic carbocycles. The molecule has 1 heterocycles. The van der Waals surface area contributed by atoms with E-state index in [2.05, 4.69) is 4.98 Å². The van der Waals surface area contributed by atoms with Crippen molar-refractivity contribution >= 4 is 28.5 Å². The normalized spacial score (nSPS) is 10.8. The maximum absolute atomic E-state index is 11.7. The molecule has 0 atom stereocenters. The summed E-state index contributed by atoms with van der Waals surface area (Å²) < 4.78 is 5.03. The minimum atomic E-state index is -0.266. The Kier molecular flexibility index (Phi) is 4.86. The lowest BCUT2D eigenvalue weighted by Gasteiger charge is -2.03. The largest absolute Gasteiger partial charge is 0.462 e. The van der Waals surface area contributed by atoms with Gasteiger partial charge in [-0.25, -0.2) is 4.79 Å². The summed E-state index contributed by atoms with van der Waals surface area (Å²) in [6.45, 7) is 2.21. The van der Waals surface area contributed by atoms with Crippen LogP contribution < -0.4 is 0 Å². The topological polar surface area (TPSA) is 42.1 Å². The van der Waals surface area contributed by atoms with E-state index in [0.717, 1.165) is 30.2 Å². The van der Waals surface area contributed by atoms with Crippen LogP contribution in [-0.2, 0) is 11.2 Å². The highest BCUT2D eigenvalue weighted by atomic mass is 35.5. The van der Waals surface area contributed by atoms with Crippen LogP contribution in [0.2, 0.25) is 0 Å². The number of rotatable bonds is 6. The van der Waals surface area contributed by atoms with Gasteiger partial charge in [-0.2, -0.15) is 0 Å². The van der Waals surface area contributed by atoms with E-state index in [0.29, 0.717) is 18.1 Å². The molecule has 0 aliphatic rings. The van der Waals surface area contributed by atoms with Crippen LogP contribution in [0.5, 0.6) is 0 Å². The highest BCUT2D eigenvalue weighted by Crippen LogP contribution is 2.22. The number of carbonyl (C=O) groups is 1. The van der Waals surface area contributed by atoms with Gasteiger partial charge in [0.15, 0.2) is 0 Å². The van der Waals surface area contributed by atoms with E-state index in [9.17, 15) is 4.79 Å². The number of carbonyl (C=O) groups excluding carboxylic acids is 1. The van der Waals surface area contributed by atoms with Gasteiger partial charge >= 0.3 is 5.97 Å². The molecule has 4 heteroatoms. The lowest BCUT2D eigenvalue weighted by molar-refractivity contribution is 0.0526. The first kappa shape index (κ1) is 13.9. The van der Waals surface area contributed by atoms with Crippen molar-refractivity contribution < 1.29 is 9.53 Å². The summed E-state index contributed by atoms with van der Waals surface area (Å²) in [4.78, 5) is 15.0. The van der Waals surface area contributed by atoms with E-state index >= 15 is 0 Å². The van der Waals surface area contributed by atoms with Gasteiger partial charge in [0, 0.05) is 23.0 Å². The van der Waals surface area contributed by atoms with Gasteiger partial charge in [0.2, 0.25) is 0 Å². The maximum Gasteiger partial charge on any atom is 0.338 e. The highest BCUT2D eigenvalue weighted by molar-refractivity contribution is 6.17. The van der Waals surface area contributed by atoms with Gasteiger partial charge in [0.1, 0.15) is 0 Å². The van der Waals surface area contributed by atoms with Gasteiger partial charge in [-0.3, -0.25) is 0 Å². The Labute approximate surface area is 117 Å². The van der Waals surface area contributed by atoms with Gasteiger partial charge in [0.05, 0.1) is 12.2 Å². The first-order valence-corrected chi connectivity index (χ1v) is 7.12. The van der Waals surface area contributed by atoms with Crippen LogP contribution in [-0.4, -0.2) is 23.4 Å². The monoisotopic (exact) mass is 279 g/mol. The number of unbranched alkanes of at least 4 members (excludes halogenated alkanes) is 1. The zero-order chi connectivity index (χ0) is 13.7. The fraction of sp³-hybridized carbons (Fsp3) is 0.400. The molecule has 0 aliphatic carbocycles. The second-order valence-electron chi connectivity index (χ2n) is 4.44. The summed E-state index contributed by atoms with van der Waals surface area (Å²) >= 11 is 5.69. The summed E-state index contributed by atoms with van der Waals surface area (Å²) in [5.74, 6) is 0.425. The molecule has 2 aromatic rings. The number of esters is 1. The number of hydrogen-bond donors (Lipinski definition) is 1. The smallest absolute Gasteiger partial charge is 0.338 e. The molecule has 102 valence electrons. The van der Waals surface area contributed by atoms with Crippen LogP contribution >= 0.6 is 11.6 Å². The molecule has 0 unspecified atom stereocenters. The molecule has 19 heavy (non-hydrogen) atoms. The number of nitrogens with one attached hydrogen (secondary N) is 1. The third-order valence-corrected chi connectivity index (χ3v) is 3.38. The first-order chi connectivity index (χ1) is 9.26. The summed E-state index contributed by atoms with van der Waals surface area (Å²) in [5.41, 5.74) is 2.88. The van der Waals surface area contributed by atoms with Gasteiger partial charge in [0.25, 0.3) is 0 Å². The average Bonchev–Trinajstić information content (AvgIpc) is 2.82. The third kappa shape index (κ3) is 3.29. The Balaban J connectivity index is 2.24. The van der Waals surface area contributed by atoms with Crippen molar-refractivity contribution in [3.05, 3.63) is 35.5 Å². The number of fused-ring (bicyclic) bond motifs is 1. The Morgan fingerprint density at radius 1 is 1.37 bits per heavy atom. The number of alkyl halides is 1. The Hall–Kier alpha value is -1.48. The van der Waals surface area contributed by atoms with E-state index in [4.69, 9.17) is 16.3 Å². The van der Waals surface area contributed by atoms with Crippen molar-refractivity contribution in [1.29, 1.82) is 0 Å². The van der Waals surface area contributed by atoms with E-state index in [1.54, 1.807) is 6.07 Å². The quantitative estimate of drug-likeness (QED) is 0.495. The Bertz CT molecular complexity index is 562. The van der Waals surface area contributed by atoms with Crippen molar-refractivity contribution in [1.82, 2.24) is 4.98 Å². The van der Waals surface area contributed by atoms with E-state index < -0.39 is 0 Å². The number of ether oxygens (including phenoxy) is 1. The lowest BCUT2D eigenvalue weighted by Crippen LogP contribution is -2.04. The second kappa shape index (κ2) is 6.62. The van der Waals surface area contributed by atoms with Crippen LogP contribution in [0.1, 0.15) is 35.7 Å². The fourth-order valence-electron chi connectivity index (χ4n) is 2.14. The van der Waals surface area contributed by atoms with Crippen LogP contribution in [0.4, 0.5) is 0 Å². The summed E-state index contributed by atoms with van der Waals surface area (Å²) in [6, 6.07) is 5.62. The minimum Gasteiger partial charge on any atom is -0.462 e. The second-order valence-corrected chi connectivity index (χ2v) is 4.82. The first-order valence-electron chi connectivity index (χ1n) is 6.59. The molecule has 0 spiro atoms. The molecule has 2 rings (SSSR count). The number of H-pyrrole nitrogens is 1. The Morgan fingerprint density at radius 2 is 2.21 bits per heavy atom. The summed E-state index contributed by atoms with van der Waals surface area (Å²) in [6.07, 6.45) is 5.04. The predicted molar refractivity (Wildman–Crippen MR) is 77.9 cm³/mol. The number of aryl methyl sites for hydroxylation is 1. The number of benzene rings is 1. The molecule has 0 saturated carbocycles. The maximum atomic E-state index is 11.7. The number of halogens is 1. The molecule has 0 radical (unpaired) electrons. The Morgan fingerprint density at radius 3 is 2.95 bits per heavy atom. The molecule has 0 bridgehead atoms. The predicted octanol–water partition coefficient (Wildman–Crippen LogP) is 3.91. The lowest BCUT2D eigenvalue weighted by atomic mass is 10.1. The molecule has 0 fully saturated rings. The van der Waals surface area contributed by atoms with Gasteiger partial charge in [-0.15, -0.1) is 11.6 Å². The molecule has 1 N–H and O–H groups in total. The summed E-state index contributed by atoms with van der Waals surface area (Å²) in [5, 5.41) is 1.10. The summed E-state index contributed by atoms with van der Waals surface area (Å²) in [7, 11) is 0. The van der Waals surface area contributed by atoms with Crippen LogP contribution in [0.25, 0.3) is 10.9 Å². The molecule has 0 aliphatic heterocycles. The SMILES string of the molecule is CCOC(=O)c1ccc2[nH]cc(CCCCCl)c2c1. The van der Waals surface area contributed by atoms with E-state index in [1.807, 2.05) is 25.3 Å². The molecular weight excluding hydrogens is 262 g/mol. The van der Waals surface area contributed by atoms with Gasteiger partial charge in [-0.05, 0) is 49.9 Å². The average molecular weight is 280 g/mol. The molecular formula is C15H18ClNO2. The van der Waals surface area contributed by atoms with Crippen molar-refractivity contribution in [2.45, 2.75) is 26.2 Å². The van der Waals surface area contributed by atoms with E-state index in [1.165, 1.54) is 5.56 Å². The molecule has 0 amide bonds. The zero-order valence-corrected chi connectivity index (χ0v) is 11.8. The van der Waals surface area contributed by atoms with Crippen molar-refractivity contribution in [2.75, 3.05) is 12.5 Å². The van der Waals surface area contributed by atoms with E-state index in [-0.39, 0.29) is 5.97 Å². The number of aromatic amines is 1. The van der Waals surface area contributed by atoms with Crippen LogP contribution in [0.15, 0.2) is 24.4 Å². The van der Waals surface area contributed by atoms with Gasteiger partial charge in [-0.1, -0.05) is 0 Å². The van der Waals surface area contributed by atoms with Crippen molar-refractivity contribution in [3.8, 4) is 0 Å². The minimum absolute atomic E-state index is 0.266. The van der Waals surface area contributed by atoms with Crippen molar-refractivity contribution in [3.63, 3.8) is 0 Å². The van der Waals surface area contributed by atoms with Crippen LogP contribution in [0.3, 0.4) is 0 Å². The molecule has 1 aromatic heterocycles.